The van der Waals surface area contributed by atoms with E-state index in [1.54, 1.807) is 27.4 Å². The molecule has 28 heavy (non-hydrogen) atoms. The van der Waals surface area contributed by atoms with E-state index in [2.05, 4.69) is 0 Å². The van der Waals surface area contributed by atoms with Gasteiger partial charge in [0.2, 0.25) is 12.5 Å². The maximum Gasteiger partial charge on any atom is 0.231 e. The number of rotatable bonds is 9. The first-order valence-electron chi connectivity index (χ1n) is 8.82. The Kier molecular flexibility index (Phi) is 6.49. The molecule has 0 aliphatic carbocycles. The van der Waals surface area contributed by atoms with Gasteiger partial charge >= 0.3 is 0 Å². The summed E-state index contributed by atoms with van der Waals surface area (Å²) in [5.74, 6) is 3.73. The number of hydrogen-bond donors (Lipinski definition) is 1. The predicted octanol–water partition coefficient (Wildman–Crippen LogP) is 3.07. The van der Waals surface area contributed by atoms with Crippen molar-refractivity contribution in [2.75, 3.05) is 41.3 Å². The Morgan fingerprint density at radius 2 is 1.61 bits per heavy atom. The van der Waals surface area contributed by atoms with E-state index in [0.29, 0.717) is 40.9 Å². The summed E-state index contributed by atoms with van der Waals surface area (Å²) in [7, 11) is 4.74. The standard InChI is InChI=1S/C21H24O7/c1-23-19-9-14(10-20(24-2)21(19)25-3)5-4-6-15-11-17-18(28-13-27-17)12-16(15)26-8-7-22/h4-5,9-12,22H,6-8,13H2,1-3H3. The number of fused-ring (bicyclic) bond motifs is 1. The third-order valence-corrected chi connectivity index (χ3v) is 4.24. The lowest BCUT2D eigenvalue weighted by atomic mass is 10.1. The summed E-state index contributed by atoms with van der Waals surface area (Å²) in [5.41, 5.74) is 1.84. The Hall–Kier alpha value is -3.06. The van der Waals surface area contributed by atoms with Crippen molar-refractivity contribution in [3.63, 3.8) is 0 Å². The lowest BCUT2D eigenvalue weighted by molar-refractivity contribution is 0.173. The largest absolute Gasteiger partial charge is 0.493 e. The lowest BCUT2D eigenvalue weighted by Crippen LogP contribution is -2.03. The fourth-order valence-electron chi connectivity index (χ4n) is 2.93. The zero-order valence-corrected chi connectivity index (χ0v) is 16.2. The van der Waals surface area contributed by atoms with Crippen LogP contribution in [0, 0.1) is 0 Å². The highest BCUT2D eigenvalue weighted by Gasteiger charge is 2.18. The number of aliphatic hydroxyl groups is 1. The molecule has 2 aromatic rings. The Morgan fingerprint density at radius 3 is 2.21 bits per heavy atom. The highest BCUT2D eigenvalue weighted by Crippen LogP contribution is 2.40. The van der Waals surface area contributed by atoms with E-state index < -0.39 is 0 Å². The molecule has 1 N–H and O–H groups in total. The van der Waals surface area contributed by atoms with Crippen LogP contribution in [-0.4, -0.2) is 46.4 Å². The molecule has 150 valence electrons. The fourth-order valence-corrected chi connectivity index (χ4v) is 2.93. The second-order valence-electron chi connectivity index (χ2n) is 5.95. The van der Waals surface area contributed by atoms with Crippen molar-refractivity contribution in [2.24, 2.45) is 0 Å². The van der Waals surface area contributed by atoms with Gasteiger partial charge in [-0.25, -0.2) is 0 Å². The number of benzene rings is 2. The predicted molar refractivity (Wildman–Crippen MR) is 104 cm³/mol. The van der Waals surface area contributed by atoms with Gasteiger partial charge in [0.25, 0.3) is 0 Å². The van der Waals surface area contributed by atoms with Gasteiger partial charge in [-0.05, 0) is 30.2 Å². The van der Waals surface area contributed by atoms with Crippen LogP contribution in [-0.2, 0) is 6.42 Å². The van der Waals surface area contributed by atoms with Crippen LogP contribution in [0.5, 0.6) is 34.5 Å². The second-order valence-corrected chi connectivity index (χ2v) is 5.95. The van der Waals surface area contributed by atoms with E-state index in [1.807, 2.05) is 30.4 Å². The molecule has 0 bridgehead atoms. The summed E-state index contributed by atoms with van der Waals surface area (Å²) >= 11 is 0. The zero-order valence-electron chi connectivity index (χ0n) is 16.2. The summed E-state index contributed by atoms with van der Waals surface area (Å²) in [6.45, 7) is 0.345. The number of hydrogen-bond acceptors (Lipinski definition) is 7. The molecule has 0 atom stereocenters. The quantitative estimate of drug-likeness (QED) is 0.707. The fraction of sp³-hybridized carbons (Fsp3) is 0.333. The Labute approximate surface area is 164 Å². The van der Waals surface area contributed by atoms with E-state index in [4.69, 9.17) is 33.5 Å². The Bertz CT molecular complexity index is 820. The first-order chi connectivity index (χ1) is 13.7. The first kappa shape index (κ1) is 19.7. The molecule has 0 aromatic heterocycles. The summed E-state index contributed by atoms with van der Waals surface area (Å²) in [6.07, 6.45) is 4.57. The molecular weight excluding hydrogens is 364 g/mol. The lowest BCUT2D eigenvalue weighted by Gasteiger charge is -2.13. The van der Waals surface area contributed by atoms with E-state index in [9.17, 15) is 0 Å². The van der Waals surface area contributed by atoms with Crippen LogP contribution in [0.3, 0.4) is 0 Å². The molecule has 1 aliphatic rings. The van der Waals surface area contributed by atoms with E-state index in [1.165, 1.54) is 0 Å². The summed E-state index contributed by atoms with van der Waals surface area (Å²) in [4.78, 5) is 0. The van der Waals surface area contributed by atoms with E-state index >= 15 is 0 Å². The number of allylic oxidation sites excluding steroid dienone is 1. The molecule has 0 radical (unpaired) electrons. The average Bonchev–Trinajstić information content (AvgIpc) is 3.18. The van der Waals surface area contributed by atoms with Crippen molar-refractivity contribution in [1.29, 1.82) is 0 Å². The minimum atomic E-state index is -0.0604. The van der Waals surface area contributed by atoms with Gasteiger partial charge < -0.3 is 33.5 Å². The number of methoxy groups -OCH3 is 3. The van der Waals surface area contributed by atoms with Gasteiger partial charge in [0, 0.05) is 11.6 Å². The van der Waals surface area contributed by atoms with Gasteiger partial charge in [-0.15, -0.1) is 0 Å². The molecule has 0 amide bonds. The SMILES string of the molecule is COc1cc(C=CCc2cc3c(cc2OCCO)OCO3)cc(OC)c1OC. The molecule has 2 aromatic carbocycles. The molecule has 3 rings (SSSR count). The minimum Gasteiger partial charge on any atom is -0.493 e. The average molecular weight is 388 g/mol. The van der Waals surface area contributed by atoms with Gasteiger partial charge in [0.05, 0.1) is 27.9 Å². The molecule has 1 aliphatic heterocycles. The minimum absolute atomic E-state index is 0.0604. The van der Waals surface area contributed by atoms with Gasteiger partial charge in [-0.3, -0.25) is 0 Å². The molecule has 1 heterocycles. The monoisotopic (exact) mass is 388 g/mol. The smallest absolute Gasteiger partial charge is 0.231 e. The van der Waals surface area contributed by atoms with Gasteiger partial charge in [0.15, 0.2) is 23.0 Å². The van der Waals surface area contributed by atoms with Crippen LogP contribution >= 0.6 is 0 Å². The molecule has 0 saturated heterocycles. The molecule has 0 fully saturated rings. The van der Waals surface area contributed by atoms with Gasteiger partial charge in [0.1, 0.15) is 12.4 Å². The van der Waals surface area contributed by atoms with Crippen LogP contribution < -0.4 is 28.4 Å². The van der Waals surface area contributed by atoms with Crippen LogP contribution in [0.25, 0.3) is 6.08 Å². The highest BCUT2D eigenvalue weighted by atomic mass is 16.7. The third-order valence-electron chi connectivity index (χ3n) is 4.24. The number of ether oxygens (including phenoxy) is 6. The molecule has 0 unspecified atom stereocenters. The first-order valence-corrected chi connectivity index (χ1v) is 8.82. The topological polar surface area (TPSA) is 75.6 Å². The summed E-state index contributed by atoms with van der Waals surface area (Å²) < 4.78 is 32.6. The van der Waals surface area contributed by atoms with Crippen LogP contribution in [0.4, 0.5) is 0 Å². The summed E-state index contributed by atoms with van der Waals surface area (Å²) in [6, 6.07) is 7.44. The third kappa shape index (κ3) is 4.26. The van der Waals surface area contributed by atoms with Gasteiger partial charge in [-0.1, -0.05) is 12.2 Å². The molecule has 7 heteroatoms. The second kappa shape index (κ2) is 9.23. The maximum atomic E-state index is 9.05. The molecular formula is C21H24O7. The van der Waals surface area contributed by atoms with Crippen molar-refractivity contribution in [1.82, 2.24) is 0 Å². The number of aliphatic hydroxyl groups excluding tert-OH is 1. The van der Waals surface area contributed by atoms with Crippen molar-refractivity contribution in [3.05, 3.63) is 41.5 Å². The summed E-state index contributed by atoms with van der Waals surface area (Å²) in [5, 5.41) is 9.05. The maximum absolute atomic E-state index is 9.05. The van der Waals surface area contributed by atoms with Crippen LogP contribution in [0.15, 0.2) is 30.3 Å². The Morgan fingerprint density at radius 1 is 0.929 bits per heavy atom. The van der Waals surface area contributed by atoms with Crippen molar-refractivity contribution in [3.8, 4) is 34.5 Å². The van der Waals surface area contributed by atoms with Crippen molar-refractivity contribution in [2.45, 2.75) is 6.42 Å². The highest BCUT2D eigenvalue weighted by molar-refractivity contribution is 5.62. The molecule has 0 saturated carbocycles. The van der Waals surface area contributed by atoms with E-state index in [-0.39, 0.29) is 20.0 Å². The Balaban J connectivity index is 1.82. The molecule has 7 nitrogen and oxygen atoms in total. The van der Waals surface area contributed by atoms with Crippen molar-refractivity contribution < 1.29 is 33.5 Å². The van der Waals surface area contributed by atoms with Crippen LogP contribution in [0.1, 0.15) is 11.1 Å². The van der Waals surface area contributed by atoms with Crippen molar-refractivity contribution >= 4 is 6.08 Å². The normalized spacial score (nSPS) is 12.3. The van der Waals surface area contributed by atoms with E-state index in [0.717, 1.165) is 11.1 Å². The molecule has 0 spiro atoms. The zero-order chi connectivity index (χ0) is 19.9. The van der Waals surface area contributed by atoms with Crippen LogP contribution in [0.2, 0.25) is 0 Å². The van der Waals surface area contributed by atoms with Gasteiger partial charge in [-0.2, -0.15) is 0 Å².